The monoisotopic (exact) mass is 357 g/mol. The van der Waals surface area contributed by atoms with Crippen LogP contribution in [-0.4, -0.2) is 19.6 Å². The number of benzene rings is 1. The van der Waals surface area contributed by atoms with Gasteiger partial charge in [0, 0.05) is 10.9 Å². The van der Waals surface area contributed by atoms with E-state index in [1.54, 1.807) is 17.5 Å². The molecule has 126 valence electrons. The lowest BCUT2D eigenvalue weighted by molar-refractivity contribution is 0.925. The molecule has 0 radical (unpaired) electrons. The molecule has 0 aliphatic carbocycles. The largest absolute Gasteiger partial charge is 0.363 e. The maximum atomic E-state index is 4.72. The van der Waals surface area contributed by atoms with Crippen LogP contribution >= 0.6 is 11.3 Å². The van der Waals surface area contributed by atoms with Gasteiger partial charge in [-0.05, 0) is 41.8 Å². The van der Waals surface area contributed by atoms with E-state index < -0.39 is 0 Å². The number of nitrogens with zero attached hydrogens (tertiary/aromatic N) is 4. The second kappa shape index (κ2) is 6.24. The van der Waals surface area contributed by atoms with Crippen LogP contribution in [0, 0.1) is 0 Å². The van der Waals surface area contributed by atoms with E-state index in [1.807, 2.05) is 41.0 Å². The van der Waals surface area contributed by atoms with Gasteiger partial charge in [0.05, 0.1) is 23.3 Å². The van der Waals surface area contributed by atoms with E-state index in [0.29, 0.717) is 6.54 Å². The minimum Gasteiger partial charge on any atom is -0.363 e. The predicted octanol–water partition coefficient (Wildman–Crippen LogP) is 4.62. The zero-order valence-electron chi connectivity index (χ0n) is 13.8. The Kier molecular flexibility index (Phi) is 3.61. The number of imidazole rings is 1. The standard InChI is InChI=1S/C20H15N5S/c1-2-7-17-14(5-1)11-18(26-17)16-13-23-20-9-8-19(24-25(16)20)22-12-15-6-3-4-10-21-15/h1-11,13H,12H2,(H,22,24). The van der Waals surface area contributed by atoms with Crippen LogP contribution in [0.5, 0.6) is 0 Å². The lowest BCUT2D eigenvalue weighted by atomic mass is 10.2. The van der Waals surface area contributed by atoms with Crippen molar-refractivity contribution in [2.24, 2.45) is 0 Å². The number of fused-ring (bicyclic) bond motifs is 2. The normalized spacial score (nSPS) is 11.2. The Bertz CT molecular complexity index is 1160. The summed E-state index contributed by atoms with van der Waals surface area (Å²) in [4.78, 5) is 9.98. The van der Waals surface area contributed by atoms with Crippen molar-refractivity contribution in [2.75, 3.05) is 5.32 Å². The summed E-state index contributed by atoms with van der Waals surface area (Å²) in [7, 11) is 0. The van der Waals surface area contributed by atoms with Crippen LogP contribution in [0.15, 0.2) is 73.1 Å². The lowest BCUT2D eigenvalue weighted by Crippen LogP contribution is -2.05. The zero-order valence-corrected chi connectivity index (χ0v) is 14.6. The average molecular weight is 357 g/mol. The van der Waals surface area contributed by atoms with E-state index in [0.717, 1.165) is 27.7 Å². The van der Waals surface area contributed by atoms with Gasteiger partial charge in [-0.3, -0.25) is 4.98 Å². The van der Waals surface area contributed by atoms with Gasteiger partial charge in [-0.15, -0.1) is 16.4 Å². The van der Waals surface area contributed by atoms with Crippen LogP contribution in [0.2, 0.25) is 0 Å². The molecule has 5 aromatic rings. The van der Waals surface area contributed by atoms with E-state index in [-0.39, 0.29) is 0 Å². The Labute approximate surface area is 154 Å². The van der Waals surface area contributed by atoms with Crippen molar-refractivity contribution >= 4 is 32.9 Å². The Hall–Kier alpha value is -3.25. The molecule has 5 nitrogen and oxygen atoms in total. The molecular formula is C20H15N5S. The Morgan fingerprint density at radius 1 is 0.962 bits per heavy atom. The Morgan fingerprint density at radius 3 is 2.77 bits per heavy atom. The number of hydrogen-bond acceptors (Lipinski definition) is 5. The number of pyridine rings is 1. The highest BCUT2D eigenvalue weighted by Crippen LogP contribution is 2.33. The highest BCUT2D eigenvalue weighted by molar-refractivity contribution is 7.22. The van der Waals surface area contributed by atoms with Gasteiger partial charge >= 0.3 is 0 Å². The third-order valence-electron chi connectivity index (χ3n) is 4.22. The highest BCUT2D eigenvalue weighted by Gasteiger charge is 2.11. The van der Waals surface area contributed by atoms with Crippen LogP contribution in [0.3, 0.4) is 0 Å². The molecule has 0 fully saturated rings. The maximum absolute atomic E-state index is 4.72. The summed E-state index contributed by atoms with van der Waals surface area (Å²) >= 11 is 1.75. The minimum atomic E-state index is 0.631. The molecule has 0 saturated heterocycles. The summed E-state index contributed by atoms with van der Waals surface area (Å²) in [5.41, 5.74) is 2.81. The summed E-state index contributed by atoms with van der Waals surface area (Å²) in [6.45, 7) is 0.631. The minimum absolute atomic E-state index is 0.631. The fraction of sp³-hybridized carbons (Fsp3) is 0.0500. The molecule has 26 heavy (non-hydrogen) atoms. The number of aromatic nitrogens is 4. The fourth-order valence-electron chi connectivity index (χ4n) is 2.93. The second-order valence-electron chi connectivity index (χ2n) is 5.96. The van der Waals surface area contributed by atoms with E-state index in [4.69, 9.17) is 5.10 Å². The summed E-state index contributed by atoms with van der Waals surface area (Å²) < 4.78 is 3.16. The molecule has 0 bridgehead atoms. The van der Waals surface area contributed by atoms with E-state index in [9.17, 15) is 0 Å². The molecule has 1 N–H and O–H groups in total. The van der Waals surface area contributed by atoms with E-state index in [1.165, 1.54) is 10.1 Å². The first-order chi connectivity index (χ1) is 12.9. The van der Waals surface area contributed by atoms with Gasteiger partial charge in [0.15, 0.2) is 5.65 Å². The first-order valence-corrected chi connectivity index (χ1v) is 9.16. The van der Waals surface area contributed by atoms with E-state index in [2.05, 4.69) is 45.6 Å². The average Bonchev–Trinajstić information content (AvgIpc) is 3.30. The number of hydrogen-bond donors (Lipinski definition) is 1. The summed E-state index contributed by atoms with van der Waals surface area (Å²) in [5, 5.41) is 9.29. The predicted molar refractivity (Wildman–Crippen MR) is 105 cm³/mol. The summed E-state index contributed by atoms with van der Waals surface area (Å²) in [6.07, 6.45) is 3.68. The number of anilines is 1. The quantitative estimate of drug-likeness (QED) is 0.510. The molecular weight excluding hydrogens is 342 g/mol. The summed E-state index contributed by atoms with van der Waals surface area (Å²) in [5.74, 6) is 0.795. The van der Waals surface area contributed by atoms with Crippen molar-refractivity contribution in [1.29, 1.82) is 0 Å². The molecule has 0 atom stereocenters. The van der Waals surface area contributed by atoms with Gasteiger partial charge in [-0.2, -0.15) is 0 Å². The molecule has 0 aliphatic rings. The van der Waals surface area contributed by atoms with Crippen LogP contribution in [0.4, 0.5) is 5.82 Å². The van der Waals surface area contributed by atoms with Gasteiger partial charge in [-0.1, -0.05) is 24.3 Å². The molecule has 4 heterocycles. The van der Waals surface area contributed by atoms with Crippen molar-refractivity contribution in [3.8, 4) is 10.6 Å². The van der Waals surface area contributed by atoms with Crippen LogP contribution in [0.1, 0.15) is 5.69 Å². The number of rotatable bonds is 4. The molecule has 0 spiro atoms. The smallest absolute Gasteiger partial charge is 0.154 e. The van der Waals surface area contributed by atoms with Crippen LogP contribution in [-0.2, 0) is 6.54 Å². The fourth-order valence-corrected chi connectivity index (χ4v) is 3.99. The Balaban J connectivity index is 1.50. The van der Waals surface area contributed by atoms with Gasteiger partial charge in [0.1, 0.15) is 11.5 Å². The molecule has 0 amide bonds. The Morgan fingerprint density at radius 2 is 1.88 bits per heavy atom. The molecule has 0 unspecified atom stereocenters. The van der Waals surface area contributed by atoms with Crippen LogP contribution < -0.4 is 5.32 Å². The molecule has 5 rings (SSSR count). The second-order valence-corrected chi connectivity index (χ2v) is 7.04. The van der Waals surface area contributed by atoms with Crippen LogP contribution in [0.25, 0.3) is 26.3 Å². The maximum Gasteiger partial charge on any atom is 0.154 e. The third-order valence-corrected chi connectivity index (χ3v) is 5.36. The number of nitrogens with one attached hydrogen (secondary N) is 1. The van der Waals surface area contributed by atoms with Crippen molar-refractivity contribution in [2.45, 2.75) is 6.54 Å². The molecule has 1 aromatic carbocycles. The first kappa shape index (κ1) is 15.0. The van der Waals surface area contributed by atoms with Crippen molar-refractivity contribution < 1.29 is 0 Å². The van der Waals surface area contributed by atoms with Gasteiger partial charge in [0.25, 0.3) is 0 Å². The van der Waals surface area contributed by atoms with Gasteiger partial charge < -0.3 is 5.32 Å². The van der Waals surface area contributed by atoms with Crippen molar-refractivity contribution in [1.82, 2.24) is 19.6 Å². The molecule has 0 aliphatic heterocycles. The number of thiophene rings is 1. The molecule has 0 saturated carbocycles. The SMILES string of the molecule is c1ccc(CNc2ccc3ncc(-c4cc5ccccc5s4)n3n2)nc1. The van der Waals surface area contributed by atoms with Gasteiger partial charge in [-0.25, -0.2) is 9.50 Å². The lowest BCUT2D eigenvalue weighted by Gasteiger charge is -2.06. The summed E-state index contributed by atoms with van der Waals surface area (Å²) in [6, 6.07) is 20.4. The van der Waals surface area contributed by atoms with Crippen molar-refractivity contribution in [3.05, 3.63) is 78.8 Å². The highest BCUT2D eigenvalue weighted by atomic mass is 32.1. The van der Waals surface area contributed by atoms with Crippen molar-refractivity contribution in [3.63, 3.8) is 0 Å². The third kappa shape index (κ3) is 2.70. The topological polar surface area (TPSA) is 55.1 Å². The molecule has 6 heteroatoms. The molecule has 4 aromatic heterocycles. The van der Waals surface area contributed by atoms with Gasteiger partial charge in [0.2, 0.25) is 0 Å². The first-order valence-electron chi connectivity index (χ1n) is 8.34. The van der Waals surface area contributed by atoms with E-state index >= 15 is 0 Å². The zero-order chi connectivity index (χ0) is 17.3.